The number of carbonyl (C=O) groups is 1. The van der Waals surface area contributed by atoms with Gasteiger partial charge in [-0.1, -0.05) is 23.5 Å². The van der Waals surface area contributed by atoms with Crippen molar-refractivity contribution in [1.29, 1.82) is 0 Å². The summed E-state index contributed by atoms with van der Waals surface area (Å²) in [6.45, 7) is 3.65. The molecule has 0 radical (unpaired) electrons. The van der Waals surface area contributed by atoms with Crippen molar-refractivity contribution in [3.8, 4) is 11.5 Å². The van der Waals surface area contributed by atoms with Crippen molar-refractivity contribution in [2.24, 2.45) is 19.1 Å². The zero-order valence-electron chi connectivity index (χ0n) is 22.5. The molecule has 39 heavy (non-hydrogen) atoms. The smallest absolute Gasteiger partial charge is 0.338 e. The van der Waals surface area contributed by atoms with Crippen molar-refractivity contribution >= 4 is 34.4 Å². The van der Waals surface area contributed by atoms with Crippen molar-refractivity contribution in [2.75, 3.05) is 20.8 Å². The van der Waals surface area contributed by atoms with Gasteiger partial charge in [-0.25, -0.2) is 14.6 Å². The van der Waals surface area contributed by atoms with Crippen LogP contribution in [0.4, 0.5) is 0 Å². The number of benzene rings is 2. The Morgan fingerprint density at radius 1 is 1.03 bits per heavy atom. The summed E-state index contributed by atoms with van der Waals surface area (Å²) in [7, 11) is 6.50. The van der Waals surface area contributed by atoms with Crippen LogP contribution in [0.5, 0.6) is 11.5 Å². The Labute approximate surface area is 227 Å². The highest BCUT2D eigenvalue weighted by molar-refractivity contribution is 7.07. The first-order valence-electron chi connectivity index (χ1n) is 12.3. The molecule has 11 heteroatoms. The third kappa shape index (κ3) is 4.28. The van der Waals surface area contributed by atoms with Gasteiger partial charge in [-0.05, 0) is 55.3 Å². The van der Waals surface area contributed by atoms with E-state index >= 15 is 0 Å². The van der Waals surface area contributed by atoms with Crippen molar-refractivity contribution in [1.82, 2.24) is 13.7 Å². The Kier molecular flexibility index (Phi) is 6.77. The number of hydrogen-bond donors (Lipinski definition) is 0. The van der Waals surface area contributed by atoms with Gasteiger partial charge in [0.1, 0.15) is 0 Å². The van der Waals surface area contributed by atoms with E-state index < -0.39 is 12.0 Å². The molecule has 0 saturated carbocycles. The molecule has 0 N–H and O–H groups in total. The molecule has 0 unspecified atom stereocenters. The van der Waals surface area contributed by atoms with Crippen LogP contribution in [0.3, 0.4) is 0 Å². The maximum Gasteiger partial charge on any atom is 0.338 e. The molecule has 10 nitrogen and oxygen atoms in total. The van der Waals surface area contributed by atoms with Crippen LogP contribution in [0, 0.1) is 0 Å². The standard InChI is InChI=1S/C28H28N4O6S/c1-7-38-26(34)23-15(2)29-27-32(24(23)17-9-11-20(36-5)21(14-17)37-6)25(33)22(39-27)13-16-8-10-18-19(12-16)31(4)28(35)30(18)3/h8-14,24H,7H2,1-6H3/b22-13+/t24-/m0/s1. The third-order valence-electron chi connectivity index (χ3n) is 6.83. The Balaban J connectivity index is 1.73. The quantitative estimate of drug-likeness (QED) is 0.342. The molecule has 5 rings (SSSR count). The second-order valence-corrected chi connectivity index (χ2v) is 10.1. The number of methoxy groups -OCH3 is 2. The Morgan fingerprint density at radius 3 is 2.44 bits per heavy atom. The lowest BCUT2D eigenvalue weighted by Gasteiger charge is -2.25. The van der Waals surface area contributed by atoms with E-state index in [9.17, 15) is 14.4 Å². The minimum Gasteiger partial charge on any atom is -0.493 e. The molecule has 0 fully saturated rings. The molecule has 0 aliphatic carbocycles. The number of aryl methyl sites for hydroxylation is 2. The Hall–Kier alpha value is -4.38. The highest BCUT2D eigenvalue weighted by Gasteiger charge is 2.34. The average Bonchev–Trinajstić information content (AvgIpc) is 3.34. The lowest BCUT2D eigenvalue weighted by molar-refractivity contribution is -0.139. The first kappa shape index (κ1) is 26.2. The van der Waals surface area contributed by atoms with Gasteiger partial charge < -0.3 is 14.2 Å². The van der Waals surface area contributed by atoms with E-state index in [4.69, 9.17) is 14.2 Å². The van der Waals surface area contributed by atoms with E-state index in [1.165, 1.54) is 23.0 Å². The fraction of sp³-hybridized carbons (Fsp3) is 0.286. The van der Waals surface area contributed by atoms with E-state index in [0.29, 0.717) is 32.1 Å². The second-order valence-electron chi connectivity index (χ2n) is 9.07. The first-order valence-corrected chi connectivity index (χ1v) is 13.1. The van der Waals surface area contributed by atoms with Crippen LogP contribution in [0.25, 0.3) is 17.1 Å². The van der Waals surface area contributed by atoms with E-state index in [0.717, 1.165) is 16.6 Å². The van der Waals surface area contributed by atoms with Crippen molar-refractivity contribution in [3.05, 3.63) is 89.0 Å². The number of thiazole rings is 1. The SMILES string of the molecule is CCOC(=O)C1=C(C)N=c2s/c(=C/c3ccc4c(c3)n(C)c(=O)n4C)c(=O)n2[C@H]1c1ccc(OC)c(OC)c1. The fourth-order valence-electron chi connectivity index (χ4n) is 4.89. The summed E-state index contributed by atoms with van der Waals surface area (Å²) >= 11 is 1.23. The summed E-state index contributed by atoms with van der Waals surface area (Å²) in [4.78, 5) is 44.5. The van der Waals surface area contributed by atoms with Crippen LogP contribution < -0.4 is 30.1 Å². The van der Waals surface area contributed by atoms with E-state index in [-0.39, 0.29) is 23.4 Å². The number of aromatic nitrogens is 3. The number of ether oxygens (including phenoxy) is 3. The van der Waals surface area contributed by atoms with Crippen LogP contribution >= 0.6 is 11.3 Å². The summed E-state index contributed by atoms with van der Waals surface area (Å²) in [5.41, 5.74) is 3.30. The number of hydrogen-bond acceptors (Lipinski definition) is 8. The molecule has 4 aromatic rings. The first-order chi connectivity index (χ1) is 18.7. The maximum atomic E-state index is 13.9. The van der Waals surface area contributed by atoms with Gasteiger partial charge in [0.2, 0.25) is 0 Å². The zero-order valence-corrected chi connectivity index (χ0v) is 23.3. The maximum absolute atomic E-state index is 13.9. The van der Waals surface area contributed by atoms with Crippen molar-refractivity contribution in [3.63, 3.8) is 0 Å². The second kappa shape index (κ2) is 10.1. The van der Waals surface area contributed by atoms with Crippen molar-refractivity contribution < 1.29 is 19.0 Å². The van der Waals surface area contributed by atoms with Gasteiger partial charge in [0.25, 0.3) is 5.56 Å². The van der Waals surface area contributed by atoms with E-state index in [2.05, 4.69) is 4.99 Å². The van der Waals surface area contributed by atoms with Crippen LogP contribution in [-0.4, -0.2) is 40.5 Å². The highest BCUT2D eigenvalue weighted by Crippen LogP contribution is 2.36. The monoisotopic (exact) mass is 548 g/mol. The van der Waals surface area contributed by atoms with E-state index in [1.54, 1.807) is 68.5 Å². The number of fused-ring (bicyclic) bond motifs is 2. The van der Waals surface area contributed by atoms with Gasteiger partial charge >= 0.3 is 11.7 Å². The third-order valence-corrected chi connectivity index (χ3v) is 7.82. The molecule has 202 valence electrons. The Bertz CT molecular complexity index is 1910. The zero-order chi connectivity index (χ0) is 28.0. The molecule has 2 aromatic carbocycles. The summed E-state index contributed by atoms with van der Waals surface area (Å²) < 4.78 is 21.4. The van der Waals surface area contributed by atoms with Crippen LogP contribution in [0.15, 0.2) is 62.2 Å². The number of carbonyl (C=O) groups excluding carboxylic acids is 1. The van der Waals surface area contributed by atoms with Crippen molar-refractivity contribution in [2.45, 2.75) is 19.9 Å². The predicted octanol–water partition coefficient (Wildman–Crippen LogP) is 2.01. The van der Waals surface area contributed by atoms with Gasteiger partial charge in [-0.3, -0.25) is 18.5 Å². The van der Waals surface area contributed by atoms with Gasteiger partial charge in [0.15, 0.2) is 16.3 Å². The van der Waals surface area contributed by atoms with Gasteiger partial charge in [-0.15, -0.1) is 0 Å². The summed E-state index contributed by atoms with van der Waals surface area (Å²) in [5, 5.41) is 0. The number of rotatable bonds is 6. The van der Waals surface area contributed by atoms with Crippen LogP contribution in [0.1, 0.15) is 31.0 Å². The summed E-state index contributed by atoms with van der Waals surface area (Å²) in [6, 6.07) is 10.1. The van der Waals surface area contributed by atoms with Gasteiger partial charge in [0.05, 0.1) is 53.7 Å². The molecule has 1 aliphatic heterocycles. The molecule has 2 aromatic heterocycles. The molecule has 0 amide bonds. The number of imidazole rings is 1. The summed E-state index contributed by atoms with van der Waals surface area (Å²) in [6.07, 6.45) is 1.77. The molecular formula is C28H28N4O6S. The normalized spacial score (nSPS) is 15.3. The molecule has 0 saturated heterocycles. The minimum absolute atomic E-state index is 0.126. The number of esters is 1. The Morgan fingerprint density at radius 2 is 1.74 bits per heavy atom. The minimum atomic E-state index is -0.778. The predicted molar refractivity (Wildman–Crippen MR) is 148 cm³/mol. The molecule has 3 heterocycles. The fourth-order valence-corrected chi connectivity index (χ4v) is 5.94. The summed E-state index contributed by atoms with van der Waals surface area (Å²) in [5.74, 6) is 0.456. The molecule has 1 atom stereocenters. The average molecular weight is 549 g/mol. The lowest BCUT2D eigenvalue weighted by Crippen LogP contribution is -2.39. The highest BCUT2D eigenvalue weighted by atomic mass is 32.1. The topological polar surface area (TPSA) is 106 Å². The molecule has 1 aliphatic rings. The van der Waals surface area contributed by atoms with Crippen LogP contribution in [0.2, 0.25) is 0 Å². The number of nitrogens with zero attached hydrogens (tertiary/aromatic N) is 4. The van der Waals surface area contributed by atoms with Gasteiger partial charge in [-0.2, -0.15) is 0 Å². The largest absolute Gasteiger partial charge is 0.493 e. The lowest BCUT2D eigenvalue weighted by atomic mass is 9.95. The van der Waals surface area contributed by atoms with Crippen LogP contribution in [-0.2, 0) is 23.6 Å². The molecular weight excluding hydrogens is 520 g/mol. The molecule has 0 bridgehead atoms. The van der Waals surface area contributed by atoms with E-state index in [1.807, 2.05) is 18.2 Å². The molecule has 0 spiro atoms. The van der Waals surface area contributed by atoms with Gasteiger partial charge in [0, 0.05) is 14.1 Å². The number of allylic oxidation sites excluding steroid dienone is 1.